The predicted octanol–water partition coefficient (Wildman–Crippen LogP) is 4.97. The second kappa shape index (κ2) is 4.48. The minimum absolute atomic E-state index is 0.470. The van der Waals surface area contributed by atoms with E-state index in [0.29, 0.717) is 4.28 Å². The van der Waals surface area contributed by atoms with Crippen LogP contribution in [-0.2, 0) is 0 Å². The summed E-state index contributed by atoms with van der Waals surface area (Å²) < 4.78 is 0.470. The molecule has 1 aliphatic carbocycles. The lowest BCUT2D eigenvalue weighted by Gasteiger charge is -2.34. The molecule has 0 saturated heterocycles. The summed E-state index contributed by atoms with van der Waals surface area (Å²) in [5.74, 6) is 0. The van der Waals surface area contributed by atoms with Crippen LogP contribution >= 0.6 is 0 Å². The van der Waals surface area contributed by atoms with Crippen molar-refractivity contribution in [2.45, 2.75) is 63.3 Å². The van der Waals surface area contributed by atoms with Gasteiger partial charge in [-0.15, -0.1) is 0 Å². The molecule has 0 amide bonds. The van der Waals surface area contributed by atoms with E-state index < -0.39 is 14.1 Å². The first-order chi connectivity index (χ1) is 6.91. The van der Waals surface area contributed by atoms with Crippen molar-refractivity contribution >= 4 is 14.1 Å². The van der Waals surface area contributed by atoms with Gasteiger partial charge in [-0.1, -0.05) is 42.5 Å². The third kappa shape index (κ3) is 1.75. The van der Waals surface area contributed by atoms with E-state index in [1.54, 1.807) is 22.3 Å². The van der Waals surface area contributed by atoms with E-state index in [2.05, 4.69) is 48.5 Å². The quantitative estimate of drug-likeness (QED) is 0.589. The molecule has 0 aromatic heterocycles. The zero-order valence-electron chi connectivity index (χ0n) is 11.5. The molecule has 0 aromatic carbocycles. The Morgan fingerprint density at radius 1 is 0.867 bits per heavy atom. The first kappa shape index (κ1) is 13.1. The lowest BCUT2D eigenvalue weighted by Crippen LogP contribution is -2.30. The summed E-state index contributed by atoms with van der Waals surface area (Å²) in [4.78, 5) is 0. The molecule has 0 saturated carbocycles. The van der Waals surface area contributed by atoms with E-state index in [9.17, 15) is 0 Å². The van der Waals surface area contributed by atoms with Crippen LogP contribution in [-0.4, -0.2) is 14.1 Å². The predicted molar refractivity (Wildman–Crippen MR) is 71.8 cm³/mol. The number of hydrogen-bond donors (Lipinski definition) is 0. The Kier molecular flexibility index (Phi) is 3.91. The zero-order chi connectivity index (χ0) is 11.8. The van der Waals surface area contributed by atoms with Gasteiger partial charge in [0.1, 0.15) is 0 Å². The van der Waals surface area contributed by atoms with Crippen LogP contribution in [0.4, 0.5) is 0 Å². The summed E-state index contributed by atoms with van der Waals surface area (Å²) >= 11 is -0.668. The van der Waals surface area contributed by atoms with E-state index in [1.807, 2.05) is 0 Å². The Bertz CT molecular complexity index is 292. The van der Waals surface area contributed by atoms with E-state index in [4.69, 9.17) is 0 Å². The van der Waals surface area contributed by atoms with E-state index in [0.717, 1.165) is 0 Å². The minimum atomic E-state index is -0.668. The fourth-order valence-corrected chi connectivity index (χ4v) is 7.21. The smallest absolute Gasteiger partial charge is 0.0958 e. The molecule has 15 heavy (non-hydrogen) atoms. The summed E-state index contributed by atoms with van der Waals surface area (Å²) in [6.45, 7) is 16.6. The molecule has 0 radical (unpaired) electrons. The van der Waals surface area contributed by atoms with Crippen LogP contribution in [0.5, 0.6) is 0 Å². The highest BCUT2D eigenvalue weighted by Gasteiger charge is 2.43. The molecule has 0 spiro atoms. The maximum absolute atomic E-state index is 2.50. The lowest BCUT2D eigenvalue weighted by molar-refractivity contribution is 0.800. The Balaban J connectivity index is 3.26. The summed E-state index contributed by atoms with van der Waals surface area (Å²) in [5, 5.41) is 2.84. The largest absolute Gasteiger partial charge is 0.281 e. The number of rotatable bonds is 3. The lowest BCUT2D eigenvalue weighted by atomic mass is 9.98. The van der Waals surface area contributed by atoms with Crippen molar-refractivity contribution in [2.24, 2.45) is 0 Å². The van der Waals surface area contributed by atoms with Gasteiger partial charge in [-0.3, -0.25) is 0 Å². The van der Waals surface area contributed by atoms with Crippen LogP contribution in [0, 0.1) is 0 Å². The first-order valence-corrected chi connectivity index (χ1v) is 8.48. The van der Waals surface area contributed by atoms with Crippen molar-refractivity contribution in [3.05, 3.63) is 22.3 Å². The van der Waals surface area contributed by atoms with Crippen LogP contribution in [0.3, 0.4) is 0 Å². The molecule has 84 valence electrons. The first-order valence-electron chi connectivity index (χ1n) is 6.27. The zero-order valence-corrected chi connectivity index (χ0v) is 12.6. The average molecular weight is 220 g/mol. The van der Waals surface area contributed by atoms with Gasteiger partial charge in [0.2, 0.25) is 0 Å². The monoisotopic (exact) mass is 220 g/mol. The maximum Gasteiger partial charge on any atom is 0.281 e. The van der Waals surface area contributed by atoms with Gasteiger partial charge >= 0.3 is 0 Å². The molecule has 0 nitrogen and oxygen atoms in total. The minimum Gasteiger partial charge on any atom is -0.0958 e. The summed E-state index contributed by atoms with van der Waals surface area (Å²) in [6.07, 6.45) is 0. The topological polar surface area (TPSA) is 0 Å². The van der Waals surface area contributed by atoms with Gasteiger partial charge < -0.3 is 0 Å². The molecule has 1 aliphatic rings. The van der Waals surface area contributed by atoms with Crippen LogP contribution < -0.4 is 0 Å². The van der Waals surface area contributed by atoms with Crippen LogP contribution in [0.15, 0.2) is 22.3 Å². The van der Waals surface area contributed by atoms with Crippen molar-refractivity contribution in [3.63, 3.8) is 0 Å². The van der Waals surface area contributed by atoms with Crippen molar-refractivity contribution in [1.29, 1.82) is 0 Å². The average Bonchev–Trinajstić information content (AvgIpc) is 2.37. The van der Waals surface area contributed by atoms with Gasteiger partial charge in [-0.05, 0) is 43.1 Å². The molecule has 0 heterocycles. The molecule has 0 bridgehead atoms. The SMILES string of the molecule is C[CH2][Al]([CH2]C)[C]1(C)C(C)=C(C)C(C)=C1C. The van der Waals surface area contributed by atoms with Gasteiger partial charge in [0.05, 0.1) is 0 Å². The van der Waals surface area contributed by atoms with Gasteiger partial charge in [-0.25, -0.2) is 0 Å². The summed E-state index contributed by atoms with van der Waals surface area (Å²) in [7, 11) is 0. The molecule has 1 rings (SSSR count). The van der Waals surface area contributed by atoms with Crippen LogP contribution in [0.2, 0.25) is 14.8 Å². The third-order valence-electron chi connectivity index (χ3n) is 5.05. The van der Waals surface area contributed by atoms with Gasteiger partial charge in [0.15, 0.2) is 0 Å². The van der Waals surface area contributed by atoms with Gasteiger partial charge in [0.25, 0.3) is 14.1 Å². The van der Waals surface area contributed by atoms with Crippen molar-refractivity contribution < 1.29 is 0 Å². The number of hydrogen-bond acceptors (Lipinski definition) is 0. The second-order valence-electron chi connectivity index (χ2n) is 5.22. The highest BCUT2D eigenvalue weighted by Crippen LogP contribution is 2.55. The molecule has 1 heteroatoms. The highest BCUT2D eigenvalue weighted by atomic mass is 27.2. The standard InChI is InChI=1S/C10H15.2C2H5.Al/c1-6-7(2)9(4)10(5)8(6)3;2*1-2;/h1-5H3;2*1H2,2H3;. The Morgan fingerprint density at radius 2 is 1.20 bits per heavy atom. The van der Waals surface area contributed by atoms with Crippen LogP contribution in [0.25, 0.3) is 0 Å². The maximum atomic E-state index is 2.50. The summed E-state index contributed by atoms with van der Waals surface area (Å²) in [6, 6.07) is 0. The Morgan fingerprint density at radius 3 is 1.47 bits per heavy atom. The molecule has 0 aliphatic heterocycles. The summed E-state index contributed by atoms with van der Waals surface area (Å²) in [5.41, 5.74) is 6.46. The van der Waals surface area contributed by atoms with Crippen molar-refractivity contribution in [3.8, 4) is 0 Å². The molecule has 0 fully saturated rings. The Hall–Kier alpha value is 0.0125. The molecule has 0 aromatic rings. The molecular formula is C14H25Al. The molecule has 0 unspecified atom stereocenters. The Labute approximate surface area is 99.8 Å². The van der Waals surface area contributed by atoms with E-state index >= 15 is 0 Å². The van der Waals surface area contributed by atoms with E-state index in [1.165, 1.54) is 10.6 Å². The van der Waals surface area contributed by atoms with E-state index in [-0.39, 0.29) is 0 Å². The fourth-order valence-electron chi connectivity index (χ4n) is 3.34. The highest BCUT2D eigenvalue weighted by molar-refractivity contribution is 6.64. The van der Waals surface area contributed by atoms with Gasteiger partial charge in [0, 0.05) is 0 Å². The number of allylic oxidation sites excluding steroid dienone is 4. The second-order valence-corrected chi connectivity index (χ2v) is 9.40. The molecule has 0 atom stereocenters. The van der Waals surface area contributed by atoms with Crippen molar-refractivity contribution in [1.82, 2.24) is 0 Å². The van der Waals surface area contributed by atoms with Crippen molar-refractivity contribution in [2.75, 3.05) is 0 Å². The van der Waals surface area contributed by atoms with Crippen LogP contribution in [0.1, 0.15) is 48.5 Å². The molecular weight excluding hydrogens is 195 g/mol. The molecule has 0 N–H and O–H groups in total. The van der Waals surface area contributed by atoms with Gasteiger partial charge in [-0.2, -0.15) is 0 Å². The normalized spacial score (nSPS) is 20.2. The fraction of sp³-hybridized carbons (Fsp3) is 0.714. The third-order valence-corrected chi connectivity index (χ3v) is 9.52.